The van der Waals surface area contributed by atoms with Crippen molar-refractivity contribution < 1.29 is 19.1 Å². The van der Waals surface area contributed by atoms with E-state index < -0.39 is 0 Å². The molecule has 0 saturated carbocycles. The summed E-state index contributed by atoms with van der Waals surface area (Å²) >= 11 is 12.9. The molecule has 2 aromatic rings. The van der Waals surface area contributed by atoms with Gasteiger partial charge in [0.2, 0.25) is 0 Å². The third kappa shape index (κ3) is 7.59. The van der Waals surface area contributed by atoms with Crippen molar-refractivity contribution in [3.05, 3.63) is 69.6 Å². The molecule has 0 spiro atoms. The molecule has 0 bridgehead atoms. The van der Waals surface area contributed by atoms with E-state index >= 15 is 0 Å². The molecule has 33 heavy (non-hydrogen) atoms. The predicted molar refractivity (Wildman–Crippen MR) is 137 cm³/mol. The monoisotopic (exact) mass is 503 g/mol. The quantitative estimate of drug-likeness (QED) is 0.156. The van der Waals surface area contributed by atoms with Crippen LogP contribution in [-0.2, 0) is 20.9 Å². The van der Waals surface area contributed by atoms with Crippen LogP contribution < -0.4 is 4.74 Å². The van der Waals surface area contributed by atoms with Gasteiger partial charge in [-0.15, -0.1) is 0 Å². The zero-order valence-electron chi connectivity index (χ0n) is 18.4. The van der Waals surface area contributed by atoms with Crippen molar-refractivity contribution in [2.75, 3.05) is 13.2 Å². The van der Waals surface area contributed by atoms with Gasteiger partial charge in [-0.2, -0.15) is 0 Å². The number of hydrogen-bond acceptors (Lipinski definition) is 6. The number of thioether (sulfide) groups is 1. The first-order valence-corrected chi connectivity index (χ1v) is 12.5. The number of ether oxygens (including phenoxy) is 2. The van der Waals surface area contributed by atoms with Crippen LogP contribution in [0, 0.1) is 0 Å². The van der Waals surface area contributed by atoms with Gasteiger partial charge in [-0.3, -0.25) is 14.5 Å². The number of hydrogen-bond donors (Lipinski definition) is 0. The molecule has 2 aromatic carbocycles. The van der Waals surface area contributed by atoms with E-state index in [1.54, 1.807) is 11.8 Å². The lowest BCUT2D eigenvalue weighted by atomic mass is 10.2. The van der Waals surface area contributed by atoms with E-state index in [0.29, 0.717) is 40.4 Å². The van der Waals surface area contributed by atoms with Crippen molar-refractivity contribution in [1.29, 1.82) is 0 Å². The zero-order valence-corrected chi connectivity index (χ0v) is 20.8. The highest BCUT2D eigenvalue weighted by atomic mass is 35.5. The van der Waals surface area contributed by atoms with Crippen molar-refractivity contribution in [2.24, 2.45) is 0 Å². The van der Waals surface area contributed by atoms with Crippen LogP contribution >= 0.6 is 35.6 Å². The summed E-state index contributed by atoms with van der Waals surface area (Å²) < 4.78 is 11.3. The number of rotatable bonds is 11. The van der Waals surface area contributed by atoms with Gasteiger partial charge < -0.3 is 9.47 Å². The van der Waals surface area contributed by atoms with Crippen LogP contribution in [0.15, 0.2) is 53.4 Å². The van der Waals surface area contributed by atoms with Gasteiger partial charge in [-0.05, 0) is 49.6 Å². The summed E-state index contributed by atoms with van der Waals surface area (Å²) in [5.74, 6) is 0.475. The molecule has 1 saturated heterocycles. The Hall–Kier alpha value is -2.35. The predicted octanol–water partition coefficient (Wildman–Crippen LogP) is 6.24. The lowest BCUT2D eigenvalue weighted by Gasteiger charge is -2.13. The van der Waals surface area contributed by atoms with Crippen LogP contribution in [0.4, 0.5) is 0 Å². The van der Waals surface area contributed by atoms with E-state index in [2.05, 4.69) is 0 Å². The SMILES string of the molecule is CCOC(=O)CCCCCN1C(=O)/C(=C/c2ccc(OCc3ccccc3Cl)cc2)SC1=S. The normalized spacial score (nSPS) is 14.7. The third-order valence-electron chi connectivity index (χ3n) is 4.97. The van der Waals surface area contributed by atoms with Gasteiger partial charge in [-0.25, -0.2) is 0 Å². The highest BCUT2D eigenvalue weighted by Crippen LogP contribution is 2.33. The number of benzene rings is 2. The van der Waals surface area contributed by atoms with Crippen LogP contribution in [0.3, 0.4) is 0 Å². The van der Waals surface area contributed by atoms with Gasteiger partial charge in [0, 0.05) is 23.6 Å². The molecular formula is C25H26ClNO4S2. The topological polar surface area (TPSA) is 55.8 Å². The largest absolute Gasteiger partial charge is 0.489 e. The Balaban J connectivity index is 1.49. The Morgan fingerprint density at radius 2 is 1.88 bits per heavy atom. The van der Waals surface area contributed by atoms with Gasteiger partial charge >= 0.3 is 5.97 Å². The zero-order chi connectivity index (χ0) is 23.6. The summed E-state index contributed by atoms with van der Waals surface area (Å²) in [4.78, 5) is 26.4. The summed E-state index contributed by atoms with van der Waals surface area (Å²) in [5, 5.41) is 0.676. The number of esters is 1. The number of amides is 1. The van der Waals surface area contributed by atoms with Gasteiger partial charge in [0.05, 0.1) is 11.5 Å². The van der Waals surface area contributed by atoms with Crippen LogP contribution in [0.5, 0.6) is 5.75 Å². The van der Waals surface area contributed by atoms with Crippen molar-refractivity contribution >= 4 is 57.9 Å². The number of carbonyl (C=O) groups is 2. The first-order valence-electron chi connectivity index (χ1n) is 10.8. The van der Waals surface area contributed by atoms with Gasteiger partial charge in [0.1, 0.15) is 16.7 Å². The summed E-state index contributed by atoms with van der Waals surface area (Å²) in [6, 6.07) is 15.1. The molecule has 8 heteroatoms. The molecule has 0 atom stereocenters. The molecule has 1 heterocycles. The van der Waals surface area contributed by atoms with E-state index in [9.17, 15) is 9.59 Å². The third-order valence-corrected chi connectivity index (χ3v) is 6.72. The van der Waals surface area contributed by atoms with Gasteiger partial charge in [0.25, 0.3) is 5.91 Å². The molecule has 1 amide bonds. The van der Waals surface area contributed by atoms with Gasteiger partial charge in [-0.1, -0.05) is 72.3 Å². The molecule has 0 aliphatic carbocycles. The standard InChI is InChI=1S/C25H26ClNO4S2/c1-2-30-23(28)10-4-3-7-15-27-24(29)22(33-25(27)32)16-18-11-13-20(14-12-18)31-17-19-8-5-6-9-21(19)26/h5-6,8-9,11-14,16H,2-4,7,10,15,17H2,1H3/b22-16-. The molecule has 3 rings (SSSR count). The van der Waals surface area contributed by atoms with Crippen LogP contribution in [0.25, 0.3) is 6.08 Å². The van der Waals surface area contributed by atoms with E-state index in [0.717, 1.165) is 36.1 Å². The molecule has 174 valence electrons. The number of nitrogens with zero attached hydrogens (tertiary/aromatic N) is 1. The first-order chi connectivity index (χ1) is 16.0. The first kappa shape index (κ1) is 25.3. The average Bonchev–Trinajstić information content (AvgIpc) is 3.06. The Bertz CT molecular complexity index is 1020. The number of halogens is 1. The molecule has 1 fully saturated rings. The van der Waals surface area contributed by atoms with E-state index in [1.165, 1.54) is 11.8 Å². The molecular weight excluding hydrogens is 478 g/mol. The molecule has 0 unspecified atom stereocenters. The Kier molecular flexibility index (Phi) is 9.78. The number of unbranched alkanes of at least 4 members (excludes halogenated alkanes) is 2. The second kappa shape index (κ2) is 12.8. The van der Waals surface area contributed by atoms with Crippen LogP contribution in [0.1, 0.15) is 43.7 Å². The Labute approximate surface area is 209 Å². The maximum atomic E-state index is 12.8. The van der Waals surface area contributed by atoms with Crippen molar-refractivity contribution in [2.45, 2.75) is 39.2 Å². The minimum absolute atomic E-state index is 0.0746. The van der Waals surface area contributed by atoms with E-state index in [4.69, 9.17) is 33.3 Å². The maximum absolute atomic E-state index is 12.8. The lowest BCUT2D eigenvalue weighted by molar-refractivity contribution is -0.143. The van der Waals surface area contributed by atoms with Crippen molar-refractivity contribution in [3.8, 4) is 5.75 Å². The molecule has 0 radical (unpaired) electrons. The average molecular weight is 504 g/mol. The fraction of sp³-hybridized carbons (Fsp3) is 0.320. The molecule has 1 aliphatic rings. The molecule has 1 aliphatic heterocycles. The number of carbonyl (C=O) groups excluding carboxylic acids is 2. The minimum atomic E-state index is -0.175. The summed E-state index contributed by atoms with van der Waals surface area (Å²) in [5.41, 5.74) is 1.82. The molecule has 0 N–H and O–H groups in total. The fourth-order valence-corrected chi connectivity index (χ4v) is 4.73. The second-order valence-corrected chi connectivity index (χ2v) is 9.48. The Morgan fingerprint density at radius 1 is 1.12 bits per heavy atom. The highest BCUT2D eigenvalue weighted by molar-refractivity contribution is 8.26. The second-order valence-electron chi connectivity index (χ2n) is 7.40. The summed E-state index contributed by atoms with van der Waals surface area (Å²) in [7, 11) is 0. The maximum Gasteiger partial charge on any atom is 0.305 e. The van der Waals surface area contributed by atoms with Crippen molar-refractivity contribution in [3.63, 3.8) is 0 Å². The van der Waals surface area contributed by atoms with E-state index in [1.807, 2.05) is 54.6 Å². The summed E-state index contributed by atoms with van der Waals surface area (Å²) in [6.07, 6.45) is 4.62. The highest BCUT2D eigenvalue weighted by Gasteiger charge is 2.31. The number of thiocarbonyl (C=S) groups is 1. The summed E-state index contributed by atoms with van der Waals surface area (Å²) in [6.45, 7) is 3.14. The molecule has 0 aromatic heterocycles. The van der Waals surface area contributed by atoms with Crippen LogP contribution in [-0.4, -0.2) is 34.2 Å². The van der Waals surface area contributed by atoms with Gasteiger partial charge in [0.15, 0.2) is 0 Å². The Morgan fingerprint density at radius 3 is 2.61 bits per heavy atom. The van der Waals surface area contributed by atoms with Crippen LogP contribution in [0.2, 0.25) is 5.02 Å². The lowest BCUT2D eigenvalue weighted by Crippen LogP contribution is -2.29. The smallest absolute Gasteiger partial charge is 0.305 e. The van der Waals surface area contributed by atoms with E-state index in [-0.39, 0.29) is 11.9 Å². The van der Waals surface area contributed by atoms with Crippen molar-refractivity contribution in [1.82, 2.24) is 4.90 Å². The minimum Gasteiger partial charge on any atom is -0.489 e. The molecule has 5 nitrogen and oxygen atoms in total. The fourth-order valence-electron chi connectivity index (χ4n) is 3.23.